The molecule has 28 heavy (non-hydrogen) atoms. The molecular weight excluding hydrogens is 499 g/mol. The van der Waals surface area contributed by atoms with E-state index in [1.54, 1.807) is 31.2 Å². The Labute approximate surface area is 178 Å². The highest BCUT2D eigenvalue weighted by Gasteiger charge is 2.11. The lowest BCUT2D eigenvalue weighted by Crippen LogP contribution is -2.19. The minimum absolute atomic E-state index is 0.0889. The number of benzene rings is 2. The monoisotopic (exact) mass is 514 g/mol. The fraction of sp³-hybridized carbons (Fsp3) is 0.211. The summed E-state index contributed by atoms with van der Waals surface area (Å²) in [6.07, 6.45) is 1.55. The van der Waals surface area contributed by atoms with E-state index in [1.165, 1.54) is 18.3 Å². The fourth-order valence-corrected chi connectivity index (χ4v) is 3.58. The van der Waals surface area contributed by atoms with Crippen molar-refractivity contribution in [2.45, 2.75) is 13.3 Å². The van der Waals surface area contributed by atoms with Gasteiger partial charge in [-0.15, -0.1) is 0 Å². The Morgan fingerprint density at radius 2 is 1.82 bits per heavy atom. The minimum atomic E-state index is -0.462. The lowest BCUT2D eigenvalue weighted by atomic mass is 10.1. The van der Waals surface area contributed by atoms with Gasteiger partial charge in [0.2, 0.25) is 5.91 Å². The van der Waals surface area contributed by atoms with Gasteiger partial charge in [-0.2, -0.15) is 5.10 Å². The Morgan fingerprint density at radius 3 is 2.43 bits per heavy atom. The molecule has 0 heterocycles. The predicted molar refractivity (Wildman–Crippen MR) is 110 cm³/mol. The summed E-state index contributed by atoms with van der Waals surface area (Å²) in [6.45, 7) is 1.79. The Bertz CT molecular complexity index is 850. The number of esters is 1. The van der Waals surface area contributed by atoms with Crippen molar-refractivity contribution in [2.24, 2.45) is 5.10 Å². The van der Waals surface area contributed by atoms with Gasteiger partial charge >= 0.3 is 5.97 Å². The van der Waals surface area contributed by atoms with E-state index in [0.29, 0.717) is 25.8 Å². The van der Waals surface area contributed by atoms with Crippen molar-refractivity contribution in [2.75, 3.05) is 13.2 Å². The normalized spacial score (nSPS) is 10.7. The van der Waals surface area contributed by atoms with Crippen LogP contribution in [0.1, 0.15) is 18.1 Å². The van der Waals surface area contributed by atoms with Gasteiger partial charge in [-0.3, -0.25) is 4.79 Å². The van der Waals surface area contributed by atoms with E-state index < -0.39 is 5.97 Å². The first-order valence-corrected chi connectivity index (χ1v) is 9.81. The lowest BCUT2D eigenvalue weighted by Gasteiger charge is -2.10. The maximum absolute atomic E-state index is 12.9. The highest BCUT2D eigenvalue weighted by atomic mass is 79.9. The van der Waals surface area contributed by atoms with Gasteiger partial charge in [0.15, 0.2) is 6.61 Å². The van der Waals surface area contributed by atoms with Crippen molar-refractivity contribution >= 4 is 50.0 Å². The third kappa shape index (κ3) is 7.05. The first-order valence-electron chi connectivity index (χ1n) is 8.23. The van der Waals surface area contributed by atoms with Crippen LogP contribution in [0.2, 0.25) is 0 Å². The number of rotatable bonds is 8. The summed E-state index contributed by atoms with van der Waals surface area (Å²) in [6, 6.07) is 9.13. The molecule has 0 radical (unpaired) electrons. The summed E-state index contributed by atoms with van der Waals surface area (Å²) >= 11 is 6.74. The van der Waals surface area contributed by atoms with Crippen LogP contribution in [0.25, 0.3) is 0 Å². The van der Waals surface area contributed by atoms with Gasteiger partial charge in [0, 0.05) is 0 Å². The zero-order chi connectivity index (χ0) is 20.5. The molecule has 0 saturated carbocycles. The van der Waals surface area contributed by atoms with Crippen molar-refractivity contribution in [1.29, 1.82) is 0 Å². The summed E-state index contributed by atoms with van der Waals surface area (Å²) in [4.78, 5) is 23.3. The highest BCUT2D eigenvalue weighted by Crippen LogP contribution is 2.34. The number of amides is 1. The van der Waals surface area contributed by atoms with Crippen molar-refractivity contribution in [3.8, 4) is 5.75 Å². The SMILES string of the molecule is CCOC(=O)COc1c(Br)cc(/C=N/NC(=O)Cc2ccc(F)cc2)cc1Br. The van der Waals surface area contributed by atoms with Crippen molar-refractivity contribution < 1.29 is 23.5 Å². The first kappa shape index (κ1) is 22.0. The molecule has 2 aromatic rings. The van der Waals surface area contributed by atoms with Gasteiger partial charge in [0.1, 0.15) is 11.6 Å². The summed E-state index contributed by atoms with van der Waals surface area (Å²) in [5, 5.41) is 3.91. The molecule has 148 valence electrons. The van der Waals surface area contributed by atoms with Gasteiger partial charge in [0.05, 0.1) is 28.2 Å². The van der Waals surface area contributed by atoms with Crippen LogP contribution in [0.3, 0.4) is 0 Å². The number of carbonyl (C=O) groups excluding carboxylic acids is 2. The number of hydrogen-bond acceptors (Lipinski definition) is 5. The molecule has 1 amide bonds. The summed E-state index contributed by atoms with van der Waals surface area (Å²) in [5.41, 5.74) is 3.78. The number of carbonyl (C=O) groups is 2. The molecule has 2 aromatic carbocycles. The molecule has 0 saturated heterocycles. The number of nitrogens with one attached hydrogen (secondary N) is 1. The van der Waals surface area contributed by atoms with E-state index in [0.717, 1.165) is 0 Å². The van der Waals surface area contributed by atoms with E-state index >= 15 is 0 Å². The average Bonchev–Trinajstić information content (AvgIpc) is 2.63. The van der Waals surface area contributed by atoms with Gasteiger partial charge < -0.3 is 9.47 Å². The van der Waals surface area contributed by atoms with Crippen LogP contribution in [0.5, 0.6) is 5.75 Å². The molecule has 0 atom stereocenters. The molecule has 0 aromatic heterocycles. The Morgan fingerprint density at radius 1 is 1.18 bits per heavy atom. The molecule has 0 aliphatic heterocycles. The zero-order valence-corrected chi connectivity index (χ0v) is 18.0. The second-order valence-electron chi connectivity index (χ2n) is 5.50. The standard InChI is InChI=1S/C19H17Br2FN2O4/c1-2-27-18(26)11-28-19-15(20)7-13(8-16(19)21)10-23-24-17(25)9-12-3-5-14(22)6-4-12/h3-8,10H,2,9,11H2,1H3,(H,24,25)/b23-10+. The first-order chi connectivity index (χ1) is 13.4. The van der Waals surface area contributed by atoms with Crippen molar-refractivity contribution in [3.63, 3.8) is 0 Å². The van der Waals surface area contributed by atoms with E-state index in [4.69, 9.17) is 9.47 Å². The molecule has 2 rings (SSSR count). The van der Waals surface area contributed by atoms with E-state index in [9.17, 15) is 14.0 Å². The van der Waals surface area contributed by atoms with Gasteiger partial charge in [-0.1, -0.05) is 12.1 Å². The third-order valence-electron chi connectivity index (χ3n) is 3.34. The second-order valence-corrected chi connectivity index (χ2v) is 7.21. The second kappa shape index (κ2) is 10.9. The fourth-order valence-electron chi connectivity index (χ4n) is 2.13. The molecule has 1 N–H and O–H groups in total. The Balaban J connectivity index is 1.93. The molecule has 6 nitrogen and oxygen atoms in total. The quantitative estimate of drug-likeness (QED) is 0.327. The Hall–Kier alpha value is -2.26. The largest absolute Gasteiger partial charge is 0.480 e. The van der Waals surface area contributed by atoms with Crippen LogP contribution in [0, 0.1) is 5.82 Å². The Kier molecular flexibility index (Phi) is 8.59. The molecular formula is C19H17Br2FN2O4. The third-order valence-corrected chi connectivity index (χ3v) is 4.52. The van der Waals surface area contributed by atoms with Crippen molar-refractivity contribution in [3.05, 3.63) is 62.3 Å². The zero-order valence-electron chi connectivity index (χ0n) is 14.9. The van der Waals surface area contributed by atoms with E-state index in [1.807, 2.05) is 0 Å². The number of nitrogens with zero attached hydrogens (tertiary/aromatic N) is 1. The van der Waals surface area contributed by atoms with Crippen LogP contribution < -0.4 is 10.2 Å². The minimum Gasteiger partial charge on any atom is -0.480 e. The van der Waals surface area contributed by atoms with E-state index in [-0.39, 0.29) is 31.4 Å². The topological polar surface area (TPSA) is 77.0 Å². The molecule has 0 unspecified atom stereocenters. The summed E-state index contributed by atoms with van der Waals surface area (Å²) < 4.78 is 24.3. The summed E-state index contributed by atoms with van der Waals surface area (Å²) in [5.74, 6) is -0.690. The van der Waals surface area contributed by atoms with Crippen LogP contribution in [0.15, 0.2) is 50.4 Å². The van der Waals surface area contributed by atoms with Gasteiger partial charge in [-0.05, 0) is 74.2 Å². The maximum atomic E-state index is 12.9. The summed E-state index contributed by atoms with van der Waals surface area (Å²) in [7, 11) is 0. The smallest absolute Gasteiger partial charge is 0.344 e. The van der Waals surface area contributed by atoms with Gasteiger partial charge in [0.25, 0.3) is 0 Å². The van der Waals surface area contributed by atoms with Gasteiger partial charge in [-0.25, -0.2) is 14.6 Å². The number of halogens is 3. The molecule has 0 fully saturated rings. The van der Waals surface area contributed by atoms with E-state index in [2.05, 4.69) is 42.4 Å². The number of ether oxygens (including phenoxy) is 2. The van der Waals surface area contributed by atoms with Crippen LogP contribution in [0.4, 0.5) is 4.39 Å². The number of hydrazone groups is 1. The molecule has 0 bridgehead atoms. The molecule has 0 aliphatic rings. The van der Waals surface area contributed by atoms with Crippen molar-refractivity contribution in [1.82, 2.24) is 5.43 Å². The van der Waals surface area contributed by atoms with Crippen LogP contribution in [-0.4, -0.2) is 31.3 Å². The average molecular weight is 516 g/mol. The predicted octanol–water partition coefficient (Wildman–Crippen LogP) is 3.99. The molecule has 0 spiro atoms. The number of hydrogen-bond donors (Lipinski definition) is 1. The lowest BCUT2D eigenvalue weighted by molar-refractivity contribution is -0.145. The van der Waals surface area contributed by atoms with Crippen LogP contribution in [-0.2, 0) is 20.7 Å². The maximum Gasteiger partial charge on any atom is 0.344 e. The molecule has 9 heteroatoms. The van der Waals surface area contributed by atoms with Crippen LogP contribution >= 0.6 is 31.9 Å². The highest BCUT2D eigenvalue weighted by molar-refractivity contribution is 9.11. The molecule has 0 aliphatic carbocycles.